The summed E-state index contributed by atoms with van der Waals surface area (Å²) in [5, 5.41) is 4.50. The molecule has 0 N–H and O–H groups in total. The SMILES string of the molecule is Cn1nc(-c2ccccc2)cc1N1CC(CCl)CC1=O. The zero-order chi connectivity index (χ0) is 14.1. The Balaban J connectivity index is 1.92. The molecular formula is C15H16ClN3O. The fourth-order valence-electron chi connectivity index (χ4n) is 2.57. The van der Waals surface area contributed by atoms with Gasteiger partial charge in [-0.1, -0.05) is 30.3 Å². The van der Waals surface area contributed by atoms with Crippen LogP contribution >= 0.6 is 11.6 Å². The van der Waals surface area contributed by atoms with Crippen molar-refractivity contribution in [1.29, 1.82) is 0 Å². The van der Waals surface area contributed by atoms with Crippen molar-refractivity contribution in [3.63, 3.8) is 0 Å². The maximum Gasteiger partial charge on any atom is 0.228 e. The van der Waals surface area contributed by atoms with Gasteiger partial charge in [0, 0.05) is 37.5 Å². The van der Waals surface area contributed by atoms with Gasteiger partial charge in [0.2, 0.25) is 5.91 Å². The normalized spacial score (nSPS) is 18.8. The molecule has 1 fully saturated rings. The third-order valence-corrected chi connectivity index (χ3v) is 4.06. The van der Waals surface area contributed by atoms with Gasteiger partial charge in [-0.15, -0.1) is 11.6 Å². The van der Waals surface area contributed by atoms with Crippen LogP contribution in [0, 0.1) is 5.92 Å². The van der Waals surface area contributed by atoms with E-state index >= 15 is 0 Å². The average molecular weight is 290 g/mol. The van der Waals surface area contributed by atoms with E-state index in [1.54, 1.807) is 9.58 Å². The lowest BCUT2D eigenvalue weighted by Crippen LogP contribution is -2.26. The second-order valence-electron chi connectivity index (χ2n) is 5.11. The van der Waals surface area contributed by atoms with E-state index in [4.69, 9.17) is 11.6 Å². The van der Waals surface area contributed by atoms with Crippen LogP contribution in [0.2, 0.25) is 0 Å². The van der Waals surface area contributed by atoms with Gasteiger partial charge in [0.1, 0.15) is 5.82 Å². The summed E-state index contributed by atoms with van der Waals surface area (Å²) in [6.45, 7) is 0.677. The fourth-order valence-corrected chi connectivity index (χ4v) is 2.77. The number of alkyl halides is 1. The number of anilines is 1. The maximum atomic E-state index is 12.1. The van der Waals surface area contributed by atoms with E-state index in [0.29, 0.717) is 18.8 Å². The van der Waals surface area contributed by atoms with E-state index in [-0.39, 0.29) is 11.8 Å². The Morgan fingerprint density at radius 3 is 2.75 bits per heavy atom. The molecule has 0 spiro atoms. The summed E-state index contributed by atoms with van der Waals surface area (Å²) < 4.78 is 1.76. The van der Waals surface area contributed by atoms with Crippen LogP contribution in [-0.2, 0) is 11.8 Å². The number of carbonyl (C=O) groups excluding carboxylic acids is 1. The zero-order valence-corrected chi connectivity index (χ0v) is 12.0. The Bertz CT molecular complexity index is 623. The van der Waals surface area contributed by atoms with E-state index in [1.165, 1.54) is 0 Å². The number of aryl methyl sites for hydroxylation is 1. The van der Waals surface area contributed by atoms with Gasteiger partial charge in [-0.05, 0) is 5.92 Å². The molecule has 20 heavy (non-hydrogen) atoms. The molecule has 1 aliphatic heterocycles. The molecule has 104 valence electrons. The molecule has 1 aromatic heterocycles. The van der Waals surface area contributed by atoms with Crippen molar-refractivity contribution in [3.8, 4) is 11.3 Å². The molecule has 2 aromatic rings. The molecular weight excluding hydrogens is 274 g/mol. The smallest absolute Gasteiger partial charge is 0.228 e. The second-order valence-corrected chi connectivity index (χ2v) is 5.41. The van der Waals surface area contributed by atoms with Crippen molar-refractivity contribution < 1.29 is 4.79 Å². The molecule has 5 heteroatoms. The minimum atomic E-state index is 0.123. The largest absolute Gasteiger partial charge is 0.297 e. The van der Waals surface area contributed by atoms with Gasteiger partial charge in [0.25, 0.3) is 0 Å². The van der Waals surface area contributed by atoms with E-state index in [9.17, 15) is 4.79 Å². The minimum Gasteiger partial charge on any atom is -0.297 e. The summed E-state index contributed by atoms with van der Waals surface area (Å²) in [6, 6.07) is 11.9. The van der Waals surface area contributed by atoms with E-state index in [1.807, 2.05) is 43.4 Å². The second kappa shape index (κ2) is 5.29. The summed E-state index contributed by atoms with van der Waals surface area (Å²) in [6.07, 6.45) is 0.523. The van der Waals surface area contributed by atoms with E-state index < -0.39 is 0 Å². The van der Waals surface area contributed by atoms with Gasteiger partial charge < -0.3 is 0 Å². The van der Waals surface area contributed by atoms with Crippen LogP contribution in [0.3, 0.4) is 0 Å². The number of benzene rings is 1. The zero-order valence-electron chi connectivity index (χ0n) is 11.3. The molecule has 4 nitrogen and oxygen atoms in total. The monoisotopic (exact) mass is 289 g/mol. The highest BCUT2D eigenvalue weighted by Crippen LogP contribution is 2.29. The predicted molar refractivity (Wildman–Crippen MR) is 79.8 cm³/mol. The van der Waals surface area contributed by atoms with Crippen LogP contribution < -0.4 is 4.90 Å². The van der Waals surface area contributed by atoms with Crippen LogP contribution in [0.15, 0.2) is 36.4 Å². The molecule has 1 aromatic carbocycles. The van der Waals surface area contributed by atoms with Crippen LogP contribution in [0.5, 0.6) is 0 Å². The number of aromatic nitrogens is 2. The highest BCUT2D eigenvalue weighted by Gasteiger charge is 2.31. The van der Waals surface area contributed by atoms with Crippen LogP contribution in [0.25, 0.3) is 11.3 Å². The first-order chi connectivity index (χ1) is 9.69. The molecule has 2 heterocycles. The fraction of sp³-hybridized carbons (Fsp3) is 0.333. The number of carbonyl (C=O) groups is 1. The van der Waals surface area contributed by atoms with Crippen molar-refractivity contribution in [1.82, 2.24) is 9.78 Å². The molecule has 1 saturated heterocycles. The van der Waals surface area contributed by atoms with Crippen molar-refractivity contribution in [2.24, 2.45) is 13.0 Å². The van der Waals surface area contributed by atoms with E-state index in [2.05, 4.69) is 5.10 Å². The summed E-state index contributed by atoms with van der Waals surface area (Å²) >= 11 is 5.87. The van der Waals surface area contributed by atoms with Crippen LogP contribution in [0.4, 0.5) is 5.82 Å². The Morgan fingerprint density at radius 1 is 1.35 bits per heavy atom. The number of amides is 1. The Kier molecular flexibility index (Phi) is 3.49. The van der Waals surface area contributed by atoms with Gasteiger partial charge >= 0.3 is 0 Å². The lowest BCUT2D eigenvalue weighted by atomic mass is 10.1. The third kappa shape index (κ3) is 2.31. The minimum absolute atomic E-state index is 0.123. The third-order valence-electron chi connectivity index (χ3n) is 3.62. The predicted octanol–water partition coefficient (Wildman–Crippen LogP) is 2.68. The van der Waals surface area contributed by atoms with Crippen LogP contribution in [-0.4, -0.2) is 28.1 Å². The Labute approximate surface area is 123 Å². The number of nitrogens with zero attached hydrogens (tertiary/aromatic N) is 3. The van der Waals surface area contributed by atoms with Crippen molar-refractivity contribution in [3.05, 3.63) is 36.4 Å². The van der Waals surface area contributed by atoms with Crippen molar-refractivity contribution >= 4 is 23.3 Å². The molecule has 1 amide bonds. The van der Waals surface area contributed by atoms with Crippen molar-refractivity contribution in [2.75, 3.05) is 17.3 Å². The van der Waals surface area contributed by atoms with Crippen LogP contribution in [0.1, 0.15) is 6.42 Å². The van der Waals surface area contributed by atoms with Gasteiger partial charge in [-0.2, -0.15) is 5.10 Å². The summed E-state index contributed by atoms with van der Waals surface area (Å²) in [5.41, 5.74) is 1.93. The molecule has 3 rings (SSSR count). The Hall–Kier alpha value is -1.81. The van der Waals surface area contributed by atoms with Gasteiger partial charge in [-0.3, -0.25) is 14.4 Å². The number of hydrogen-bond acceptors (Lipinski definition) is 2. The highest BCUT2D eigenvalue weighted by atomic mass is 35.5. The summed E-state index contributed by atoms with van der Waals surface area (Å²) in [4.78, 5) is 13.9. The first-order valence-corrected chi connectivity index (χ1v) is 7.18. The van der Waals surface area contributed by atoms with Gasteiger partial charge in [0.05, 0.1) is 5.69 Å². The first-order valence-electron chi connectivity index (χ1n) is 6.65. The molecule has 1 unspecified atom stereocenters. The number of halogens is 1. The number of hydrogen-bond donors (Lipinski definition) is 0. The molecule has 0 saturated carbocycles. The summed E-state index contributed by atoms with van der Waals surface area (Å²) in [7, 11) is 1.86. The average Bonchev–Trinajstić information content (AvgIpc) is 3.02. The maximum absolute atomic E-state index is 12.1. The van der Waals surface area contributed by atoms with Crippen molar-refractivity contribution in [2.45, 2.75) is 6.42 Å². The lowest BCUT2D eigenvalue weighted by molar-refractivity contribution is -0.117. The lowest BCUT2D eigenvalue weighted by Gasteiger charge is -2.15. The van der Waals surface area contributed by atoms with Gasteiger partial charge in [0.15, 0.2) is 0 Å². The molecule has 0 bridgehead atoms. The molecule has 0 radical (unpaired) electrons. The molecule has 1 aliphatic rings. The first kappa shape index (κ1) is 13.2. The molecule has 1 atom stereocenters. The summed E-state index contributed by atoms with van der Waals surface area (Å²) in [5.74, 6) is 1.71. The Morgan fingerprint density at radius 2 is 2.10 bits per heavy atom. The standard InChI is InChI=1S/C15H16ClN3O/c1-18-14(19-10-11(9-16)7-15(19)20)8-13(17-18)12-5-3-2-4-6-12/h2-6,8,11H,7,9-10H2,1H3. The van der Waals surface area contributed by atoms with Gasteiger partial charge in [-0.25, -0.2) is 0 Å². The van der Waals surface area contributed by atoms with E-state index in [0.717, 1.165) is 17.1 Å². The topological polar surface area (TPSA) is 38.1 Å². The number of rotatable bonds is 3. The molecule has 0 aliphatic carbocycles. The highest BCUT2D eigenvalue weighted by molar-refractivity contribution is 6.18. The quantitative estimate of drug-likeness (QED) is 0.815.